The third-order valence-corrected chi connectivity index (χ3v) is 3.38. The Labute approximate surface area is 107 Å². The number of hydrogen-bond acceptors (Lipinski definition) is 3. The lowest BCUT2D eigenvalue weighted by molar-refractivity contribution is 0.0726. The highest BCUT2D eigenvalue weighted by Crippen LogP contribution is 2.19. The number of carbonyl (C=O) groups is 1. The van der Waals surface area contributed by atoms with Crippen LogP contribution in [-0.4, -0.2) is 23.4 Å². The number of aryl methyl sites for hydroxylation is 2. The zero-order valence-corrected chi connectivity index (χ0v) is 11.0. The highest BCUT2D eigenvalue weighted by atomic mass is 16.5. The first kappa shape index (κ1) is 12.9. The number of aromatic nitrogens is 1. The maximum atomic E-state index is 11.8. The van der Waals surface area contributed by atoms with Crippen LogP contribution >= 0.6 is 0 Å². The molecule has 1 fully saturated rings. The van der Waals surface area contributed by atoms with Crippen LogP contribution < -0.4 is 0 Å². The quantitative estimate of drug-likeness (QED) is 0.507. The summed E-state index contributed by atoms with van der Waals surface area (Å²) >= 11 is 0. The predicted octanol–water partition coefficient (Wildman–Crippen LogP) is 3.15. The standard InChI is InChI=1S/C14H20N2O2/c1-10-8-13(11(2)16-10)14(17)18-9-15-12-6-4-3-5-7-12/h8-9,12,16H,3-7H2,1-2H3. The Balaban J connectivity index is 1.87. The van der Waals surface area contributed by atoms with Crippen LogP contribution in [0.2, 0.25) is 0 Å². The number of hydrogen-bond donors (Lipinski definition) is 1. The number of nitrogens with one attached hydrogen (secondary N) is 1. The lowest BCUT2D eigenvalue weighted by atomic mass is 9.96. The SMILES string of the molecule is Cc1cc(C(=O)OC=NC2CCCCC2)c(C)[nH]1. The number of aliphatic imine (C=N–C) groups is 1. The van der Waals surface area contributed by atoms with Crippen molar-refractivity contribution in [2.24, 2.45) is 4.99 Å². The fourth-order valence-electron chi connectivity index (χ4n) is 2.39. The summed E-state index contributed by atoms with van der Waals surface area (Å²) in [5, 5.41) is 0. The molecule has 0 unspecified atom stereocenters. The lowest BCUT2D eigenvalue weighted by Crippen LogP contribution is -2.11. The van der Waals surface area contributed by atoms with Gasteiger partial charge in [-0.2, -0.15) is 0 Å². The molecule has 2 rings (SSSR count). The molecular formula is C14H20N2O2. The minimum Gasteiger partial charge on any atom is -0.411 e. The third kappa shape index (κ3) is 3.22. The Morgan fingerprint density at radius 3 is 2.72 bits per heavy atom. The van der Waals surface area contributed by atoms with Crippen LogP contribution in [-0.2, 0) is 4.74 Å². The van der Waals surface area contributed by atoms with Crippen LogP contribution in [0.1, 0.15) is 53.8 Å². The second kappa shape index (κ2) is 5.85. The average Bonchev–Trinajstić information content (AvgIpc) is 2.70. The van der Waals surface area contributed by atoms with Gasteiger partial charge in [-0.1, -0.05) is 19.3 Å². The summed E-state index contributed by atoms with van der Waals surface area (Å²) in [4.78, 5) is 19.2. The lowest BCUT2D eigenvalue weighted by Gasteiger charge is -2.16. The summed E-state index contributed by atoms with van der Waals surface area (Å²) in [6.45, 7) is 3.78. The van der Waals surface area contributed by atoms with E-state index in [1.165, 1.54) is 25.7 Å². The van der Waals surface area contributed by atoms with Crippen molar-refractivity contribution in [2.75, 3.05) is 0 Å². The number of aromatic amines is 1. The van der Waals surface area contributed by atoms with Gasteiger partial charge >= 0.3 is 5.97 Å². The fourth-order valence-corrected chi connectivity index (χ4v) is 2.39. The van der Waals surface area contributed by atoms with Crippen LogP contribution in [0.4, 0.5) is 0 Å². The summed E-state index contributed by atoms with van der Waals surface area (Å²) in [6.07, 6.45) is 7.29. The Kier molecular flexibility index (Phi) is 4.18. The molecule has 18 heavy (non-hydrogen) atoms. The van der Waals surface area contributed by atoms with Crippen LogP contribution in [0.5, 0.6) is 0 Å². The highest BCUT2D eigenvalue weighted by Gasteiger charge is 2.13. The summed E-state index contributed by atoms with van der Waals surface area (Å²) in [5.74, 6) is -0.337. The number of H-pyrrole nitrogens is 1. The zero-order chi connectivity index (χ0) is 13.0. The van der Waals surface area contributed by atoms with Gasteiger partial charge in [-0.05, 0) is 32.8 Å². The van der Waals surface area contributed by atoms with Crippen molar-refractivity contribution in [3.8, 4) is 0 Å². The van der Waals surface area contributed by atoms with E-state index in [1.54, 1.807) is 6.07 Å². The normalized spacial score (nSPS) is 17.2. The molecule has 0 aromatic carbocycles. The Morgan fingerprint density at radius 1 is 1.39 bits per heavy atom. The van der Waals surface area contributed by atoms with E-state index in [-0.39, 0.29) is 5.97 Å². The number of ether oxygens (including phenoxy) is 1. The van der Waals surface area contributed by atoms with Gasteiger partial charge in [0.25, 0.3) is 0 Å². The third-order valence-electron chi connectivity index (χ3n) is 3.38. The van der Waals surface area contributed by atoms with E-state index in [0.717, 1.165) is 24.2 Å². The molecule has 1 saturated carbocycles. The first-order valence-electron chi connectivity index (χ1n) is 6.55. The van der Waals surface area contributed by atoms with Gasteiger partial charge in [0, 0.05) is 11.4 Å². The van der Waals surface area contributed by atoms with E-state index in [9.17, 15) is 4.79 Å². The average molecular weight is 248 g/mol. The minimum absolute atomic E-state index is 0.334. The summed E-state index contributed by atoms with van der Waals surface area (Å²) in [6, 6.07) is 2.13. The van der Waals surface area contributed by atoms with Gasteiger partial charge in [0.15, 0.2) is 6.40 Å². The number of carbonyl (C=O) groups excluding carboxylic acids is 1. The molecule has 0 bridgehead atoms. The zero-order valence-electron chi connectivity index (χ0n) is 11.0. The van der Waals surface area contributed by atoms with E-state index >= 15 is 0 Å². The first-order valence-corrected chi connectivity index (χ1v) is 6.55. The van der Waals surface area contributed by atoms with Crippen LogP contribution in [0.15, 0.2) is 11.1 Å². The Hall–Kier alpha value is -1.58. The number of nitrogens with zero attached hydrogens (tertiary/aromatic N) is 1. The number of esters is 1. The van der Waals surface area contributed by atoms with Gasteiger partial charge in [-0.25, -0.2) is 4.79 Å². The van der Waals surface area contributed by atoms with Crippen molar-refractivity contribution in [1.29, 1.82) is 0 Å². The second-order valence-electron chi connectivity index (χ2n) is 4.94. The molecule has 0 radical (unpaired) electrons. The molecule has 1 aliphatic carbocycles. The van der Waals surface area contributed by atoms with Gasteiger partial charge < -0.3 is 9.72 Å². The minimum atomic E-state index is -0.337. The van der Waals surface area contributed by atoms with E-state index in [4.69, 9.17) is 4.74 Å². The molecule has 0 spiro atoms. The van der Waals surface area contributed by atoms with Crippen LogP contribution in [0.3, 0.4) is 0 Å². The molecule has 0 aliphatic heterocycles. The number of rotatable bonds is 3. The van der Waals surface area contributed by atoms with Gasteiger partial charge in [0.05, 0.1) is 11.6 Å². The van der Waals surface area contributed by atoms with Crippen molar-refractivity contribution in [1.82, 2.24) is 4.98 Å². The molecule has 0 saturated heterocycles. The monoisotopic (exact) mass is 248 g/mol. The van der Waals surface area contributed by atoms with Crippen molar-refractivity contribution in [3.05, 3.63) is 23.0 Å². The Morgan fingerprint density at radius 2 is 2.11 bits per heavy atom. The van der Waals surface area contributed by atoms with E-state index in [0.29, 0.717) is 11.6 Å². The molecule has 1 aromatic rings. The molecule has 0 amide bonds. The van der Waals surface area contributed by atoms with E-state index < -0.39 is 0 Å². The smallest absolute Gasteiger partial charge is 0.346 e. The van der Waals surface area contributed by atoms with Gasteiger partial charge in [-0.3, -0.25) is 4.99 Å². The van der Waals surface area contributed by atoms with Crippen LogP contribution in [0, 0.1) is 13.8 Å². The molecule has 4 heteroatoms. The summed E-state index contributed by atoms with van der Waals surface area (Å²) in [7, 11) is 0. The van der Waals surface area contributed by atoms with Crippen LogP contribution in [0.25, 0.3) is 0 Å². The largest absolute Gasteiger partial charge is 0.411 e. The molecule has 1 aliphatic rings. The van der Waals surface area contributed by atoms with Crippen molar-refractivity contribution in [2.45, 2.75) is 52.0 Å². The maximum Gasteiger partial charge on any atom is 0.346 e. The van der Waals surface area contributed by atoms with Crippen molar-refractivity contribution >= 4 is 12.4 Å². The second-order valence-corrected chi connectivity index (χ2v) is 4.94. The molecular weight excluding hydrogens is 228 g/mol. The molecule has 98 valence electrons. The first-order chi connectivity index (χ1) is 8.66. The predicted molar refractivity (Wildman–Crippen MR) is 71.0 cm³/mol. The Bertz CT molecular complexity index is 443. The van der Waals surface area contributed by atoms with Crippen molar-refractivity contribution < 1.29 is 9.53 Å². The van der Waals surface area contributed by atoms with Gasteiger partial charge in [0.2, 0.25) is 0 Å². The topological polar surface area (TPSA) is 54.4 Å². The summed E-state index contributed by atoms with van der Waals surface area (Å²) < 4.78 is 5.07. The van der Waals surface area contributed by atoms with Crippen molar-refractivity contribution in [3.63, 3.8) is 0 Å². The van der Waals surface area contributed by atoms with E-state index in [1.807, 2.05) is 13.8 Å². The fraction of sp³-hybridized carbons (Fsp3) is 0.571. The molecule has 0 atom stereocenters. The maximum absolute atomic E-state index is 11.8. The van der Waals surface area contributed by atoms with E-state index in [2.05, 4.69) is 9.98 Å². The molecule has 1 aromatic heterocycles. The molecule has 1 heterocycles. The molecule has 1 N–H and O–H groups in total. The van der Waals surface area contributed by atoms with Gasteiger partial charge in [-0.15, -0.1) is 0 Å². The highest BCUT2D eigenvalue weighted by molar-refractivity contribution is 5.94. The van der Waals surface area contributed by atoms with Gasteiger partial charge in [0.1, 0.15) is 0 Å². The summed E-state index contributed by atoms with van der Waals surface area (Å²) in [5.41, 5.74) is 2.38. The molecule has 4 nitrogen and oxygen atoms in total.